The SMILES string of the molecule is CC(C)(C)N(c1cc(F)c(Cl)cc1-c1nncn1C1CCOC1)S(=O)(=O)c1ccccc1. The second kappa shape index (κ2) is 8.46. The number of hydrogen-bond acceptors (Lipinski definition) is 5. The van der Waals surface area contributed by atoms with Crippen molar-refractivity contribution in [3.8, 4) is 11.4 Å². The number of rotatable bonds is 5. The lowest BCUT2D eigenvalue weighted by molar-refractivity contribution is 0.187. The van der Waals surface area contributed by atoms with Crippen LogP contribution in [0.15, 0.2) is 53.7 Å². The fourth-order valence-electron chi connectivity index (χ4n) is 3.88. The molecule has 7 nitrogen and oxygen atoms in total. The molecule has 170 valence electrons. The van der Waals surface area contributed by atoms with Crippen LogP contribution >= 0.6 is 11.6 Å². The van der Waals surface area contributed by atoms with Crippen molar-refractivity contribution in [3.05, 3.63) is 59.6 Å². The zero-order valence-corrected chi connectivity index (χ0v) is 19.6. The van der Waals surface area contributed by atoms with Crippen molar-refractivity contribution < 1.29 is 17.5 Å². The molecule has 0 aliphatic carbocycles. The number of ether oxygens (including phenoxy) is 1. The first-order valence-corrected chi connectivity index (χ1v) is 12.0. The first kappa shape index (κ1) is 22.7. The van der Waals surface area contributed by atoms with Gasteiger partial charge in [0.1, 0.15) is 12.1 Å². The molecule has 1 atom stereocenters. The van der Waals surface area contributed by atoms with Crippen LogP contribution in [0.25, 0.3) is 11.4 Å². The van der Waals surface area contributed by atoms with Crippen LogP contribution in [0.3, 0.4) is 0 Å². The third-order valence-corrected chi connectivity index (χ3v) is 7.64. The van der Waals surface area contributed by atoms with Gasteiger partial charge in [0.05, 0.1) is 28.3 Å². The molecule has 0 spiro atoms. The Labute approximate surface area is 191 Å². The van der Waals surface area contributed by atoms with Crippen molar-refractivity contribution in [1.82, 2.24) is 14.8 Å². The molecule has 2 aromatic carbocycles. The molecule has 1 aliphatic heterocycles. The first-order valence-electron chi connectivity index (χ1n) is 10.2. The number of hydrogen-bond donors (Lipinski definition) is 0. The van der Waals surface area contributed by atoms with Gasteiger partial charge in [-0.15, -0.1) is 10.2 Å². The molecular formula is C22H24ClFN4O3S. The van der Waals surface area contributed by atoms with Gasteiger partial charge in [-0.05, 0) is 45.4 Å². The van der Waals surface area contributed by atoms with Crippen LogP contribution in [0.1, 0.15) is 33.2 Å². The maximum atomic E-state index is 14.7. The normalized spacial score (nSPS) is 17.0. The van der Waals surface area contributed by atoms with Crippen molar-refractivity contribution >= 4 is 27.3 Å². The Morgan fingerprint density at radius 1 is 1.22 bits per heavy atom. The van der Waals surface area contributed by atoms with Gasteiger partial charge in [-0.25, -0.2) is 12.8 Å². The summed E-state index contributed by atoms with van der Waals surface area (Å²) in [6, 6.07) is 10.6. The van der Waals surface area contributed by atoms with Gasteiger partial charge < -0.3 is 9.30 Å². The van der Waals surface area contributed by atoms with Gasteiger partial charge in [0, 0.05) is 23.8 Å². The van der Waals surface area contributed by atoms with Crippen LogP contribution in [0.5, 0.6) is 0 Å². The maximum Gasteiger partial charge on any atom is 0.264 e. The highest BCUT2D eigenvalue weighted by atomic mass is 35.5. The summed E-state index contributed by atoms with van der Waals surface area (Å²) in [5.41, 5.74) is -0.419. The van der Waals surface area contributed by atoms with E-state index in [1.807, 2.05) is 4.57 Å². The molecule has 10 heteroatoms. The molecule has 3 aromatic rings. The molecule has 1 aromatic heterocycles. The van der Waals surface area contributed by atoms with E-state index >= 15 is 0 Å². The summed E-state index contributed by atoms with van der Waals surface area (Å²) in [5.74, 6) is -0.326. The molecule has 2 heterocycles. The molecular weight excluding hydrogens is 455 g/mol. The van der Waals surface area contributed by atoms with E-state index in [0.717, 1.165) is 12.5 Å². The summed E-state index contributed by atoms with van der Waals surface area (Å²) in [6.07, 6.45) is 2.34. The number of nitrogens with zero attached hydrogens (tertiary/aromatic N) is 4. The largest absolute Gasteiger partial charge is 0.379 e. The predicted octanol–water partition coefficient (Wildman–Crippen LogP) is 4.69. The average Bonchev–Trinajstić information content (AvgIpc) is 3.41. The van der Waals surface area contributed by atoms with E-state index in [1.165, 1.54) is 22.5 Å². The summed E-state index contributed by atoms with van der Waals surface area (Å²) in [4.78, 5) is 0.0990. The van der Waals surface area contributed by atoms with Crippen LogP contribution < -0.4 is 4.31 Å². The van der Waals surface area contributed by atoms with Crippen LogP contribution in [0.4, 0.5) is 10.1 Å². The van der Waals surface area contributed by atoms with Gasteiger partial charge in [0.25, 0.3) is 10.0 Å². The minimum absolute atomic E-state index is 0.00880. The lowest BCUT2D eigenvalue weighted by Gasteiger charge is -2.37. The predicted molar refractivity (Wildman–Crippen MR) is 121 cm³/mol. The number of sulfonamides is 1. The monoisotopic (exact) mass is 478 g/mol. The Kier molecular flexibility index (Phi) is 6.00. The topological polar surface area (TPSA) is 77.3 Å². The zero-order valence-electron chi connectivity index (χ0n) is 18.0. The molecule has 0 N–H and O–H groups in total. The van der Waals surface area contributed by atoms with Gasteiger partial charge >= 0.3 is 0 Å². The lowest BCUT2D eigenvalue weighted by atomic mass is 10.1. The highest BCUT2D eigenvalue weighted by Gasteiger charge is 2.37. The molecule has 1 aliphatic rings. The Balaban J connectivity index is 1.96. The summed E-state index contributed by atoms with van der Waals surface area (Å²) in [5, 5.41) is 8.13. The van der Waals surface area contributed by atoms with E-state index in [9.17, 15) is 12.8 Å². The number of halogens is 2. The molecule has 0 bridgehead atoms. The van der Waals surface area contributed by atoms with Crippen molar-refractivity contribution in [3.63, 3.8) is 0 Å². The van der Waals surface area contributed by atoms with E-state index in [4.69, 9.17) is 16.3 Å². The fourth-order valence-corrected chi connectivity index (χ4v) is 5.88. The maximum absolute atomic E-state index is 14.7. The number of benzene rings is 2. The molecule has 0 radical (unpaired) electrons. The van der Waals surface area contributed by atoms with Crippen LogP contribution in [-0.4, -0.2) is 41.9 Å². The summed E-state index contributed by atoms with van der Waals surface area (Å²) >= 11 is 6.14. The summed E-state index contributed by atoms with van der Waals surface area (Å²) in [7, 11) is -4.05. The van der Waals surface area contributed by atoms with Crippen LogP contribution in [0, 0.1) is 5.82 Å². The van der Waals surface area contributed by atoms with E-state index in [-0.39, 0.29) is 21.6 Å². The van der Waals surface area contributed by atoms with Crippen molar-refractivity contribution in [2.24, 2.45) is 0 Å². The van der Waals surface area contributed by atoms with Crippen molar-refractivity contribution in [1.29, 1.82) is 0 Å². The fraction of sp³-hybridized carbons (Fsp3) is 0.364. The quantitative estimate of drug-likeness (QED) is 0.531. The molecule has 32 heavy (non-hydrogen) atoms. The van der Waals surface area contributed by atoms with E-state index in [0.29, 0.717) is 24.6 Å². The minimum Gasteiger partial charge on any atom is -0.379 e. The molecule has 1 unspecified atom stereocenters. The van der Waals surface area contributed by atoms with Crippen LogP contribution in [0.2, 0.25) is 5.02 Å². The molecule has 1 saturated heterocycles. The molecule has 0 amide bonds. The Hall–Kier alpha value is -2.49. The third kappa shape index (κ3) is 4.12. The van der Waals surface area contributed by atoms with E-state index in [2.05, 4.69) is 10.2 Å². The van der Waals surface area contributed by atoms with Gasteiger partial charge in [-0.2, -0.15) is 0 Å². The summed E-state index contributed by atoms with van der Waals surface area (Å²) < 4.78 is 50.8. The van der Waals surface area contributed by atoms with Crippen LogP contribution in [-0.2, 0) is 14.8 Å². The van der Waals surface area contributed by atoms with Gasteiger partial charge in [0.2, 0.25) is 0 Å². The molecule has 4 rings (SSSR count). The Morgan fingerprint density at radius 2 is 1.94 bits per heavy atom. The lowest BCUT2D eigenvalue weighted by Crippen LogP contribution is -2.46. The van der Waals surface area contributed by atoms with Crippen molar-refractivity contribution in [2.45, 2.75) is 43.7 Å². The van der Waals surface area contributed by atoms with Gasteiger partial charge in [-0.3, -0.25) is 4.31 Å². The second-order valence-electron chi connectivity index (χ2n) is 8.62. The van der Waals surface area contributed by atoms with Crippen molar-refractivity contribution in [2.75, 3.05) is 17.5 Å². The minimum atomic E-state index is -4.05. The number of aromatic nitrogens is 3. The second-order valence-corrected chi connectivity index (χ2v) is 10.8. The van der Waals surface area contributed by atoms with E-state index in [1.54, 1.807) is 45.3 Å². The third-order valence-electron chi connectivity index (χ3n) is 5.26. The Morgan fingerprint density at radius 3 is 2.56 bits per heavy atom. The standard InChI is InChI=1S/C22H24ClFN4O3S/c1-22(2,3)28(32(29,30)16-7-5-4-6-8-16)20-12-19(24)18(23)11-17(20)21-26-25-14-27(21)15-9-10-31-13-15/h4-8,11-12,14-15H,9-10,13H2,1-3H3. The van der Waals surface area contributed by atoms with Gasteiger partial charge in [-0.1, -0.05) is 29.8 Å². The first-order chi connectivity index (χ1) is 15.1. The number of anilines is 1. The smallest absolute Gasteiger partial charge is 0.264 e. The zero-order chi connectivity index (χ0) is 23.1. The summed E-state index contributed by atoms with van der Waals surface area (Å²) in [6.45, 7) is 6.34. The Bertz CT molecular complexity index is 1220. The average molecular weight is 479 g/mol. The molecule has 1 fully saturated rings. The highest BCUT2D eigenvalue weighted by molar-refractivity contribution is 7.93. The highest BCUT2D eigenvalue weighted by Crippen LogP contribution is 2.41. The van der Waals surface area contributed by atoms with Gasteiger partial charge in [0.15, 0.2) is 5.82 Å². The molecule has 0 saturated carbocycles. The van der Waals surface area contributed by atoms with E-state index < -0.39 is 21.4 Å².